The van der Waals surface area contributed by atoms with Crippen LogP contribution in [0.1, 0.15) is 31.1 Å². The number of methoxy groups -OCH3 is 2. The van der Waals surface area contributed by atoms with Gasteiger partial charge in [0.1, 0.15) is 0 Å². The Morgan fingerprint density at radius 2 is 1.21 bits per heavy atom. The van der Waals surface area contributed by atoms with Crippen molar-refractivity contribution in [2.75, 3.05) is 19.5 Å². The van der Waals surface area contributed by atoms with E-state index in [-0.39, 0.29) is 22.4 Å². The van der Waals surface area contributed by atoms with Gasteiger partial charge in [-0.2, -0.15) is 0 Å². The van der Waals surface area contributed by atoms with Gasteiger partial charge in [-0.1, -0.05) is 0 Å². The molecular weight excluding hydrogens is 390 g/mol. The predicted octanol–water partition coefficient (Wildman–Crippen LogP) is 2.33. The second kappa shape index (κ2) is 8.56. The van der Waals surface area contributed by atoms with Gasteiger partial charge in [0.2, 0.25) is 0 Å². The molecule has 2 rings (SSSR count). The van der Waals surface area contributed by atoms with Crippen molar-refractivity contribution >= 4 is 34.9 Å². The van der Waals surface area contributed by atoms with E-state index in [1.807, 2.05) is 0 Å². The van der Waals surface area contributed by atoms with Crippen LogP contribution in [0.5, 0.6) is 0 Å². The number of hydrogen-bond donors (Lipinski definition) is 1. The van der Waals surface area contributed by atoms with Crippen molar-refractivity contribution in [2.45, 2.75) is 0 Å². The van der Waals surface area contributed by atoms with Crippen LogP contribution in [0, 0.1) is 20.2 Å². The summed E-state index contributed by atoms with van der Waals surface area (Å²) in [6.07, 6.45) is 0. The topological polar surface area (TPSA) is 168 Å². The van der Waals surface area contributed by atoms with E-state index in [0.717, 1.165) is 26.4 Å². The molecule has 12 nitrogen and oxygen atoms in total. The van der Waals surface area contributed by atoms with Gasteiger partial charge in [-0.3, -0.25) is 25.0 Å². The van der Waals surface area contributed by atoms with Gasteiger partial charge in [0.15, 0.2) is 0 Å². The molecule has 1 amide bonds. The number of ether oxygens (including phenoxy) is 2. The summed E-state index contributed by atoms with van der Waals surface area (Å²) in [4.78, 5) is 56.2. The third kappa shape index (κ3) is 4.88. The fourth-order valence-corrected chi connectivity index (χ4v) is 2.31. The lowest BCUT2D eigenvalue weighted by Gasteiger charge is -2.09. The van der Waals surface area contributed by atoms with Crippen LogP contribution in [0.25, 0.3) is 0 Å². The number of carbonyl (C=O) groups is 3. The zero-order chi connectivity index (χ0) is 21.7. The molecule has 29 heavy (non-hydrogen) atoms. The summed E-state index contributed by atoms with van der Waals surface area (Å²) in [5.41, 5.74) is -1.85. The first-order chi connectivity index (χ1) is 13.7. The Morgan fingerprint density at radius 1 is 0.759 bits per heavy atom. The summed E-state index contributed by atoms with van der Waals surface area (Å²) in [6.45, 7) is 0. The Hall–Kier alpha value is -4.35. The maximum Gasteiger partial charge on any atom is 0.337 e. The van der Waals surface area contributed by atoms with Gasteiger partial charge < -0.3 is 14.8 Å². The van der Waals surface area contributed by atoms with Crippen LogP contribution >= 0.6 is 0 Å². The lowest BCUT2D eigenvalue weighted by Crippen LogP contribution is -2.15. The molecule has 0 saturated heterocycles. The van der Waals surface area contributed by atoms with Crippen LogP contribution in [0.3, 0.4) is 0 Å². The normalized spacial score (nSPS) is 10.0. The number of hydrogen-bond acceptors (Lipinski definition) is 9. The zero-order valence-electron chi connectivity index (χ0n) is 15.0. The molecule has 0 bridgehead atoms. The number of non-ortho nitro benzene ring substituents is 2. The van der Waals surface area contributed by atoms with Crippen molar-refractivity contribution in [1.29, 1.82) is 0 Å². The number of anilines is 1. The van der Waals surface area contributed by atoms with E-state index in [1.54, 1.807) is 0 Å². The van der Waals surface area contributed by atoms with Gasteiger partial charge in [-0.05, 0) is 18.2 Å². The van der Waals surface area contributed by atoms with Crippen molar-refractivity contribution in [2.24, 2.45) is 0 Å². The quantitative estimate of drug-likeness (QED) is 0.432. The first-order valence-corrected chi connectivity index (χ1v) is 7.73. The van der Waals surface area contributed by atoms with Crippen LogP contribution < -0.4 is 5.32 Å². The average molecular weight is 403 g/mol. The Bertz CT molecular complexity index is 966. The molecular formula is C17H13N3O9. The van der Waals surface area contributed by atoms with Crippen LogP contribution in [0.2, 0.25) is 0 Å². The molecule has 2 aromatic carbocycles. The molecule has 0 heterocycles. The number of nitro groups is 2. The minimum absolute atomic E-state index is 0.0348. The maximum atomic E-state index is 12.5. The molecule has 0 atom stereocenters. The third-order valence-electron chi connectivity index (χ3n) is 3.62. The minimum Gasteiger partial charge on any atom is -0.465 e. The van der Waals surface area contributed by atoms with Gasteiger partial charge in [0.05, 0.1) is 46.8 Å². The van der Waals surface area contributed by atoms with E-state index in [1.165, 1.54) is 18.2 Å². The summed E-state index contributed by atoms with van der Waals surface area (Å²) in [6, 6.07) is 6.00. The second-order valence-corrected chi connectivity index (χ2v) is 5.49. The fourth-order valence-electron chi connectivity index (χ4n) is 2.31. The largest absolute Gasteiger partial charge is 0.465 e. The summed E-state index contributed by atoms with van der Waals surface area (Å²) in [5.74, 6) is -2.52. The molecule has 0 spiro atoms. The Kier molecular flexibility index (Phi) is 6.19. The maximum absolute atomic E-state index is 12.5. The first kappa shape index (κ1) is 21.0. The van der Waals surface area contributed by atoms with Crippen molar-refractivity contribution in [3.8, 4) is 0 Å². The molecule has 0 fully saturated rings. The molecule has 12 heteroatoms. The molecule has 0 radical (unpaired) electrons. The van der Waals surface area contributed by atoms with Gasteiger partial charge in [-0.15, -0.1) is 0 Å². The highest BCUT2D eigenvalue weighted by molar-refractivity contribution is 6.06. The SMILES string of the molecule is COC(=O)c1cc(NC(=O)c2cc([N+](=O)[O-])cc([N+](=O)[O-])c2)cc(C(=O)OC)c1. The summed E-state index contributed by atoms with van der Waals surface area (Å²) >= 11 is 0. The van der Waals surface area contributed by atoms with Gasteiger partial charge in [0, 0.05) is 17.8 Å². The zero-order valence-corrected chi connectivity index (χ0v) is 15.0. The fraction of sp³-hybridized carbons (Fsp3) is 0.118. The van der Waals surface area contributed by atoms with Gasteiger partial charge in [-0.25, -0.2) is 9.59 Å². The minimum atomic E-state index is -0.936. The number of rotatable bonds is 6. The molecule has 0 aliphatic rings. The summed E-state index contributed by atoms with van der Waals surface area (Å²) in [5, 5.41) is 24.3. The van der Waals surface area contributed by atoms with Gasteiger partial charge >= 0.3 is 11.9 Å². The van der Waals surface area contributed by atoms with Crippen LogP contribution in [-0.2, 0) is 9.47 Å². The van der Waals surface area contributed by atoms with Crippen LogP contribution in [0.4, 0.5) is 17.1 Å². The lowest BCUT2D eigenvalue weighted by molar-refractivity contribution is -0.394. The highest BCUT2D eigenvalue weighted by Gasteiger charge is 2.21. The van der Waals surface area contributed by atoms with Crippen LogP contribution in [-0.4, -0.2) is 41.9 Å². The average Bonchev–Trinajstić information content (AvgIpc) is 2.71. The number of carbonyl (C=O) groups excluding carboxylic acids is 3. The Balaban J connectivity index is 2.46. The number of esters is 2. The lowest BCUT2D eigenvalue weighted by atomic mass is 10.1. The molecule has 0 unspecified atom stereocenters. The van der Waals surface area contributed by atoms with E-state index in [0.29, 0.717) is 6.07 Å². The molecule has 0 aliphatic heterocycles. The Labute approximate surface area is 162 Å². The highest BCUT2D eigenvalue weighted by atomic mass is 16.6. The van der Waals surface area contributed by atoms with Gasteiger partial charge in [0.25, 0.3) is 17.3 Å². The number of nitrogens with zero attached hydrogens (tertiary/aromatic N) is 2. The molecule has 1 N–H and O–H groups in total. The van der Waals surface area contributed by atoms with Crippen molar-refractivity contribution in [3.05, 3.63) is 73.3 Å². The van der Waals surface area contributed by atoms with E-state index < -0.39 is 39.1 Å². The highest BCUT2D eigenvalue weighted by Crippen LogP contribution is 2.24. The van der Waals surface area contributed by atoms with E-state index in [4.69, 9.17) is 0 Å². The number of nitrogens with one attached hydrogen (secondary N) is 1. The van der Waals surface area contributed by atoms with Crippen molar-refractivity contribution in [3.63, 3.8) is 0 Å². The molecule has 150 valence electrons. The smallest absolute Gasteiger partial charge is 0.337 e. The molecule has 0 aliphatic carbocycles. The number of amides is 1. The second-order valence-electron chi connectivity index (χ2n) is 5.49. The van der Waals surface area contributed by atoms with Crippen molar-refractivity contribution < 1.29 is 33.7 Å². The standard InChI is InChI=1S/C17H13N3O9/c1-28-16(22)10-3-11(17(23)29-2)5-12(4-10)18-15(21)9-6-13(19(24)25)8-14(7-9)20(26)27/h3-8H,1-2H3,(H,18,21). The van der Waals surface area contributed by atoms with Crippen molar-refractivity contribution in [1.82, 2.24) is 0 Å². The third-order valence-corrected chi connectivity index (χ3v) is 3.62. The number of nitro benzene ring substituents is 2. The van der Waals surface area contributed by atoms with E-state index in [2.05, 4.69) is 14.8 Å². The summed E-state index contributed by atoms with van der Waals surface area (Å²) in [7, 11) is 2.24. The van der Waals surface area contributed by atoms with Crippen LogP contribution in [0.15, 0.2) is 36.4 Å². The first-order valence-electron chi connectivity index (χ1n) is 7.73. The summed E-state index contributed by atoms with van der Waals surface area (Å²) < 4.78 is 9.16. The Morgan fingerprint density at radius 3 is 1.59 bits per heavy atom. The monoisotopic (exact) mass is 403 g/mol. The molecule has 2 aromatic rings. The van der Waals surface area contributed by atoms with E-state index >= 15 is 0 Å². The molecule has 0 aromatic heterocycles. The predicted molar refractivity (Wildman–Crippen MR) is 96.8 cm³/mol. The molecule has 0 saturated carbocycles. The van der Waals surface area contributed by atoms with E-state index in [9.17, 15) is 34.6 Å². The number of benzene rings is 2.